The highest BCUT2D eigenvalue weighted by molar-refractivity contribution is 6.13. The minimum Gasteiger partial charge on any atom is -0.466 e. The zero-order valence-electron chi connectivity index (χ0n) is 20.3. The predicted molar refractivity (Wildman–Crippen MR) is 136 cm³/mol. The summed E-state index contributed by atoms with van der Waals surface area (Å²) in [4.78, 5) is 30.6. The third-order valence-corrected chi connectivity index (χ3v) is 5.74. The molecule has 1 aromatic carbocycles. The first kappa shape index (κ1) is 23.1. The molecule has 0 fully saturated rings. The molecule has 36 heavy (non-hydrogen) atoms. The molecule has 0 saturated heterocycles. The summed E-state index contributed by atoms with van der Waals surface area (Å²) in [6.45, 7) is 7.77. The molecule has 0 aliphatic heterocycles. The molecule has 9 heteroatoms. The molecule has 2 N–H and O–H groups in total. The van der Waals surface area contributed by atoms with Crippen LogP contribution in [0.25, 0.3) is 22.3 Å². The molecule has 0 bridgehead atoms. The lowest BCUT2D eigenvalue weighted by Crippen LogP contribution is -2.14. The van der Waals surface area contributed by atoms with Crippen LogP contribution in [0.1, 0.15) is 52.3 Å². The topological polar surface area (TPSA) is 115 Å². The Labute approximate surface area is 207 Å². The molecule has 182 valence electrons. The SMILES string of the molecule is Cc1cc(-c2cc(C(=O)Nc3cccc(NC(=O)c4ccco4)c3)c3cnn(C(C)C)c3n2)c(C)o1. The second kappa shape index (κ2) is 9.18. The molecule has 5 aromatic rings. The fourth-order valence-electron chi connectivity index (χ4n) is 4.08. The van der Waals surface area contributed by atoms with Crippen molar-refractivity contribution in [3.05, 3.63) is 83.8 Å². The summed E-state index contributed by atoms with van der Waals surface area (Å²) in [5.41, 5.74) is 3.55. The fourth-order valence-corrected chi connectivity index (χ4v) is 4.08. The first-order chi connectivity index (χ1) is 17.3. The zero-order chi connectivity index (χ0) is 25.4. The van der Waals surface area contributed by atoms with Crippen molar-refractivity contribution in [3.63, 3.8) is 0 Å². The van der Waals surface area contributed by atoms with E-state index in [4.69, 9.17) is 13.8 Å². The summed E-state index contributed by atoms with van der Waals surface area (Å²) in [5.74, 6) is 0.987. The Hall–Kier alpha value is -4.66. The van der Waals surface area contributed by atoms with Gasteiger partial charge in [-0.1, -0.05) is 6.07 Å². The number of hydrogen-bond acceptors (Lipinski definition) is 6. The van der Waals surface area contributed by atoms with Crippen molar-refractivity contribution in [3.8, 4) is 11.3 Å². The van der Waals surface area contributed by atoms with E-state index in [0.717, 1.165) is 17.1 Å². The number of rotatable bonds is 6. The Kier molecular flexibility index (Phi) is 5.89. The quantitative estimate of drug-likeness (QED) is 0.307. The Morgan fingerprint density at radius 2 is 1.72 bits per heavy atom. The van der Waals surface area contributed by atoms with Gasteiger partial charge in [-0.3, -0.25) is 9.59 Å². The number of carbonyl (C=O) groups excluding carboxylic acids is 2. The molecular weight excluding hydrogens is 458 g/mol. The van der Waals surface area contributed by atoms with Gasteiger partial charge in [0.1, 0.15) is 11.5 Å². The Balaban J connectivity index is 1.49. The van der Waals surface area contributed by atoms with E-state index in [1.54, 1.807) is 53.3 Å². The van der Waals surface area contributed by atoms with Gasteiger partial charge in [-0.2, -0.15) is 5.10 Å². The standard InChI is InChI=1S/C27H25N5O4/c1-15(2)32-25-22(14-28-32)21(13-23(31-25)20-11-16(3)36-17(20)4)26(33)29-18-7-5-8-19(12-18)30-27(34)24-9-6-10-35-24/h5-15H,1-4H3,(H,29,33)(H,30,34). The van der Waals surface area contributed by atoms with Crippen molar-refractivity contribution in [1.82, 2.24) is 14.8 Å². The first-order valence-electron chi connectivity index (χ1n) is 11.5. The molecule has 0 atom stereocenters. The molecule has 0 saturated carbocycles. The van der Waals surface area contributed by atoms with Gasteiger partial charge in [-0.25, -0.2) is 9.67 Å². The molecule has 5 rings (SSSR count). The summed E-state index contributed by atoms with van der Waals surface area (Å²) in [6, 6.07) is 13.8. The molecule has 0 aliphatic rings. The Morgan fingerprint density at radius 3 is 2.36 bits per heavy atom. The van der Waals surface area contributed by atoms with Gasteiger partial charge in [0.05, 0.1) is 29.1 Å². The molecule has 4 heterocycles. The maximum absolute atomic E-state index is 13.5. The van der Waals surface area contributed by atoms with Crippen molar-refractivity contribution in [1.29, 1.82) is 0 Å². The average Bonchev–Trinajstić information content (AvgIpc) is 3.58. The van der Waals surface area contributed by atoms with E-state index >= 15 is 0 Å². The van der Waals surface area contributed by atoms with E-state index < -0.39 is 0 Å². The number of amides is 2. The predicted octanol–water partition coefficient (Wildman–Crippen LogP) is 5.99. The molecule has 2 amide bonds. The van der Waals surface area contributed by atoms with E-state index in [0.29, 0.717) is 33.7 Å². The highest BCUT2D eigenvalue weighted by Gasteiger charge is 2.20. The minimum atomic E-state index is -0.379. The Morgan fingerprint density at radius 1 is 0.972 bits per heavy atom. The second-order valence-corrected chi connectivity index (χ2v) is 8.77. The van der Waals surface area contributed by atoms with E-state index in [1.807, 2.05) is 33.8 Å². The number of aryl methyl sites for hydroxylation is 2. The average molecular weight is 484 g/mol. The lowest BCUT2D eigenvalue weighted by molar-refractivity contribution is 0.0995. The smallest absolute Gasteiger partial charge is 0.291 e. The lowest BCUT2D eigenvalue weighted by atomic mass is 10.1. The zero-order valence-corrected chi connectivity index (χ0v) is 20.3. The van der Waals surface area contributed by atoms with Crippen molar-refractivity contribution >= 4 is 34.2 Å². The molecule has 0 spiro atoms. The maximum atomic E-state index is 13.5. The number of furan rings is 2. The third-order valence-electron chi connectivity index (χ3n) is 5.74. The number of anilines is 2. The van der Waals surface area contributed by atoms with Crippen molar-refractivity contribution in [2.24, 2.45) is 0 Å². The van der Waals surface area contributed by atoms with Crippen LogP contribution in [-0.2, 0) is 0 Å². The number of hydrogen-bond donors (Lipinski definition) is 2. The number of pyridine rings is 1. The maximum Gasteiger partial charge on any atom is 0.291 e. The van der Waals surface area contributed by atoms with Crippen LogP contribution < -0.4 is 10.6 Å². The number of nitrogens with zero attached hydrogens (tertiary/aromatic N) is 3. The first-order valence-corrected chi connectivity index (χ1v) is 11.5. The van der Waals surface area contributed by atoms with Crippen LogP contribution in [0.15, 0.2) is 69.8 Å². The number of fused-ring (bicyclic) bond motifs is 1. The molecule has 0 unspecified atom stereocenters. The van der Waals surface area contributed by atoms with Crippen LogP contribution in [0.2, 0.25) is 0 Å². The van der Waals surface area contributed by atoms with Crippen LogP contribution in [0.5, 0.6) is 0 Å². The van der Waals surface area contributed by atoms with Crippen molar-refractivity contribution < 1.29 is 18.4 Å². The number of carbonyl (C=O) groups is 2. The summed E-state index contributed by atoms with van der Waals surface area (Å²) in [6.07, 6.45) is 3.09. The van der Waals surface area contributed by atoms with Gasteiger partial charge < -0.3 is 19.5 Å². The summed E-state index contributed by atoms with van der Waals surface area (Å²) >= 11 is 0. The van der Waals surface area contributed by atoms with Crippen LogP contribution in [0.4, 0.5) is 11.4 Å². The summed E-state index contributed by atoms with van der Waals surface area (Å²) < 4.78 is 12.6. The molecular formula is C27H25N5O4. The Bertz CT molecular complexity index is 1580. The van der Waals surface area contributed by atoms with Gasteiger partial charge >= 0.3 is 0 Å². The van der Waals surface area contributed by atoms with E-state index in [1.165, 1.54) is 6.26 Å². The van der Waals surface area contributed by atoms with Crippen LogP contribution in [0.3, 0.4) is 0 Å². The van der Waals surface area contributed by atoms with Crippen LogP contribution in [0, 0.1) is 13.8 Å². The third kappa shape index (κ3) is 4.38. The largest absolute Gasteiger partial charge is 0.466 e. The number of nitrogens with one attached hydrogen (secondary N) is 2. The van der Waals surface area contributed by atoms with Crippen LogP contribution in [-0.4, -0.2) is 26.6 Å². The van der Waals surface area contributed by atoms with E-state index in [9.17, 15) is 9.59 Å². The summed E-state index contributed by atoms with van der Waals surface area (Å²) in [7, 11) is 0. The number of benzene rings is 1. The van der Waals surface area contributed by atoms with E-state index in [2.05, 4.69) is 15.7 Å². The van der Waals surface area contributed by atoms with Gasteiger partial charge in [-0.05, 0) is 70.2 Å². The van der Waals surface area contributed by atoms with Crippen molar-refractivity contribution in [2.45, 2.75) is 33.7 Å². The highest BCUT2D eigenvalue weighted by Crippen LogP contribution is 2.30. The molecule has 0 aliphatic carbocycles. The molecule has 9 nitrogen and oxygen atoms in total. The summed E-state index contributed by atoms with van der Waals surface area (Å²) in [5, 5.41) is 10.8. The normalized spacial score (nSPS) is 11.2. The van der Waals surface area contributed by atoms with Crippen LogP contribution >= 0.6 is 0 Å². The molecule has 0 radical (unpaired) electrons. The fraction of sp³-hybridized carbons (Fsp3) is 0.185. The van der Waals surface area contributed by atoms with Gasteiger partial charge in [0.15, 0.2) is 11.4 Å². The number of aromatic nitrogens is 3. The van der Waals surface area contributed by atoms with E-state index in [-0.39, 0.29) is 23.6 Å². The monoisotopic (exact) mass is 483 g/mol. The van der Waals surface area contributed by atoms with Crippen molar-refractivity contribution in [2.75, 3.05) is 10.6 Å². The minimum absolute atomic E-state index is 0.0581. The van der Waals surface area contributed by atoms with Gasteiger partial charge in [0, 0.05) is 23.0 Å². The van der Waals surface area contributed by atoms with Gasteiger partial charge in [-0.15, -0.1) is 0 Å². The lowest BCUT2D eigenvalue weighted by Gasteiger charge is -2.11. The molecule has 4 aromatic heterocycles. The van der Waals surface area contributed by atoms with Gasteiger partial charge in [0.2, 0.25) is 0 Å². The highest BCUT2D eigenvalue weighted by atomic mass is 16.3. The van der Waals surface area contributed by atoms with Gasteiger partial charge in [0.25, 0.3) is 11.8 Å². The second-order valence-electron chi connectivity index (χ2n) is 8.77.